The second kappa shape index (κ2) is 6.95. The number of hydrogen-bond donors (Lipinski definition) is 0. The van der Waals surface area contributed by atoms with E-state index in [0.717, 1.165) is 11.1 Å². The molecule has 20 heavy (non-hydrogen) atoms. The van der Waals surface area contributed by atoms with Gasteiger partial charge in [-0.1, -0.05) is 30.7 Å². The summed E-state index contributed by atoms with van der Waals surface area (Å²) < 4.78 is 5.71. The first-order valence-electron chi connectivity index (χ1n) is 6.41. The lowest BCUT2D eigenvalue weighted by atomic mass is 10.1. The normalized spacial score (nSPS) is 10.8. The van der Waals surface area contributed by atoms with Crippen molar-refractivity contribution < 1.29 is 9.53 Å². The van der Waals surface area contributed by atoms with Crippen LogP contribution in [0.3, 0.4) is 0 Å². The Balaban J connectivity index is 2.44. The average molecular weight is 310 g/mol. The molecule has 0 saturated carbocycles. The molecular weight excluding hydrogens is 294 g/mol. The Morgan fingerprint density at radius 2 is 2.25 bits per heavy atom. The maximum absolute atomic E-state index is 11.8. The van der Waals surface area contributed by atoms with E-state index in [0.29, 0.717) is 34.9 Å². The van der Waals surface area contributed by atoms with E-state index in [1.807, 2.05) is 31.4 Å². The molecule has 0 amide bonds. The fourth-order valence-electron chi connectivity index (χ4n) is 1.90. The van der Waals surface area contributed by atoms with Gasteiger partial charge in [0, 0.05) is 23.8 Å². The van der Waals surface area contributed by atoms with Crippen molar-refractivity contribution >= 4 is 40.0 Å². The summed E-state index contributed by atoms with van der Waals surface area (Å²) in [4.78, 5) is 16.2. The third kappa shape index (κ3) is 3.07. The minimum absolute atomic E-state index is 0.00176. The minimum Gasteiger partial charge on any atom is -0.490 e. The number of aromatic nitrogens is 1. The molecule has 3 nitrogen and oxygen atoms in total. The van der Waals surface area contributed by atoms with E-state index in [2.05, 4.69) is 4.98 Å². The molecule has 106 valence electrons. The van der Waals surface area contributed by atoms with Crippen LogP contribution in [0.4, 0.5) is 0 Å². The highest BCUT2D eigenvalue weighted by atomic mass is 35.5. The summed E-state index contributed by atoms with van der Waals surface area (Å²) >= 11 is 8.05. The van der Waals surface area contributed by atoms with Crippen LogP contribution in [0.5, 0.6) is 5.75 Å². The molecule has 0 bridgehead atoms. The number of hydrogen-bond acceptors (Lipinski definition) is 4. The first-order valence-corrected chi connectivity index (χ1v) is 8.18. The number of ketones is 1. The van der Waals surface area contributed by atoms with Gasteiger partial charge in [0.15, 0.2) is 5.78 Å². The number of Topliss-reactive ketones (excluding diaryl/α,β-unsaturated/α-hetero) is 1. The van der Waals surface area contributed by atoms with Crippen molar-refractivity contribution in [1.82, 2.24) is 4.98 Å². The van der Waals surface area contributed by atoms with Gasteiger partial charge in [0.1, 0.15) is 11.3 Å². The number of nitrogens with zero attached hydrogens (tertiary/aromatic N) is 1. The average Bonchev–Trinajstić information content (AvgIpc) is 2.47. The largest absolute Gasteiger partial charge is 0.490 e. The molecule has 0 aliphatic carbocycles. The van der Waals surface area contributed by atoms with Crippen LogP contribution in [-0.4, -0.2) is 29.4 Å². The van der Waals surface area contributed by atoms with E-state index in [1.54, 1.807) is 11.8 Å². The summed E-state index contributed by atoms with van der Waals surface area (Å²) in [5, 5.41) is 1.21. The second-order valence-electron chi connectivity index (χ2n) is 4.26. The quantitative estimate of drug-likeness (QED) is 0.591. The summed E-state index contributed by atoms with van der Waals surface area (Å²) in [7, 11) is 0. The SMILES string of the molecule is CCC(=O)c1cnc2c(OCCSC)cccc2c1Cl. The zero-order valence-corrected chi connectivity index (χ0v) is 13.1. The molecule has 5 heteroatoms. The number of para-hydroxylation sites is 1. The topological polar surface area (TPSA) is 39.2 Å². The Morgan fingerprint density at radius 3 is 2.95 bits per heavy atom. The number of carbonyl (C=O) groups excluding carboxylic acids is 1. The van der Waals surface area contributed by atoms with Crippen LogP contribution in [0.2, 0.25) is 5.02 Å². The molecule has 0 aliphatic heterocycles. The van der Waals surface area contributed by atoms with E-state index in [1.165, 1.54) is 6.20 Å². The number of carbonyl (C=O) groups is 1. The Morgan fingerprint density at radius 1 is 1.45 bits per heavy atom. The number of pyridine rings is 1. The maximum Gasteiger partial charge on any atom is 0.165 e. The summed E-state index contributed by atoms with van der Waals surface area (Å²) in [6.45, 7) is 2.43. The molecule has 0 fully saturated rings. The third-order valence-corrected chi connectivity index (χ3v) is 3.94. The van der Waals surface area contributed by atoms with Crippen molar-refractivity contribution in [3.8, 4) is 5.75 Å². The molecular formula is C15H16ClNO2S. The minimum atomic E-state index is -0.00176. The number of thioether (sulfide) groups is 1. The van der Waals surface area contributed by atoms with Gasteiger partial charge >= 0.3 is 0 Å². The number of benzene rings is 1. The lowest BCUT2D eigenvalue weighted by molar-refractivity contribution is 0.0988. The third-order valence-electron chi connectivity index (χ3n) is 2.96. The Hall–Kier alpha value is -1.26. The van der Waals surface area contributed by atoms with E-state index >= 15 is 0 Å². The molecule has 0 saturated heterocycles. The van der Waals surface area contributed by atoms with Gasteiger partial charge in [-0.25, -0.2) is 0 Å². The van der Waals surface area contributed by atoms with Crippen LogP contribution in [-0.2, 0) is 0 Å². The number of fused-ring (bicyclic) bond motifs is 1. The monoisotopic (exact) mass is 309 g/mol. The van der Waals surface area contributed by atoms with E-state index in [9.17, 15) is 4.79 Å². The molecule has 1 aromatic heterocycles. The summed E-state index contributed by atoms with van der Waals surface area (Å²) in [6, 6.07) is 5.59. The summed E-state index contributed by atoms with van der Waals surface area (Å²) in [5.74, 6) is 1.61. The van der Waals surface area contributed by atoms with Gasteiger partial charge in [-0.2, -0.15) is 11.8 Å². The van der Waals surface area contributed by atoms with Gasteiger partial charge < -0.3 is 4.74 Å². The summed E-state index contributed by atoms with van der Waals surface area (Å²) in [5.41, 5.74) is 1.18. The van der Waals surface area contributed by atoms with Crippen molar-refractivity contribution in [3.05, 3.63) is 35.0 Å². The number of halogens is 1. The van der Waals surface area contributed by atoms with Crippen molar-refractivity contribution in [3.63, 3.8) is 0 Å². The second-order valence-corrected chi connectivity index (χ2v) is 5.62. The molecule has 0 N–H and O–H groups in total. The molecule has 1 heterocycles. The lowest BCUT2D eigenvalue weighted by Crippen LogP contribution is -2.03. The van der Waals surface area contributed by atoms with Crippen LogP contribution >= 0.6 is 23.4 Å². The van der Waals surface area contributed by atoms with Crippen molar-refractivity contribution in [2.45, 2.75) is 13.3 Å². The highest BCUT2D eigenvalue weighted by molar-refractivity contribution is 7.98. The molecule has 0 radical (unpaired) electrons. The zero-order chi connectivity index (χ0) is 14.5. The highest BCUT2D eigenvalue weighted by Crippen LogP contribution is 2.31. The van der Waals surface area contributed by atoms with Crippen LogP contribution in [0.1, 0.15) is 23.7 Å². The van der Waals surface area contributed by atoms with Gasteiger partial charge in [-0.3, -0.25) is 9.78 Å². The fraction of sp³-hybridized carbons (Fsp3) is 0.333. The van der Waals surface area contributed by atoms with Crippen molar-refractivity contribution in [2.75, 3.05) is 18.6 Å². The summed E-state index contributed by atoms with van der Waals surface area (Å²) in [6.07, 6.45) is 3.99. The van der Waals surface area contributed by atoms with Gasteiger partial charge in [-0.05, 0) is 12.3 Å². The van der Waals surface area contributed by atoms with Crippen LogP contribution < -0.4 is 4.74 Å². The fourth-order valence-corrected chi connectivity index (χ4v) is 2.46. The van der Waals surface area contributed by atoms with E-state index < -0.39 is 0 Å². The molecule has 0 unspecified atom stereocenters. The molecule has 1 aromatic carbocycles. The van der Waals surface area contributed by atoms with Gasteiger partial charge in [0.05, 0.1) is 17.2 Å². The Labute approximate surface area is 127 Å². The van der Waals surface area contributed by atoms with Crippen molar-refractivity contribution in [2.24, 2.45) is 0 Å². The smallest absolute Gasteiger partial charge is 0.165 e. The van der Waals surface area contributed by atoms with E-state index in [4.69, 9.17) is 16.3 Å². The van der Waals surface area contributed by atoms with Crippen LogP contribution in [0.25, 0.3) is 10.9 Å². The zero-order valence-electron chi connectivity index (χ0n) is 11.5. The molecule has 0 spiro atoms. The first kappa shape index (κ1) is 15.1. The predicted octanol–water partition coefficient (Wildman–Crippen LogP) is 4.22. The molecule has 0 aliphatic rings. The van der Waals surface area contributed by atoms with Gasteiger partial charge in [-0.15, -0.1) is 0 Å². The maximum atomic E-state index is 11.8. The van der Waals surface area contributed by atoms with Crippen LogP contribution in [0.15, 0.2) is 24.4 Å². The first-order chi connectivity index (χ1) is 9.69. The van der Waals surface area contributed by atoms with Crippen molar-refractivity contribution in [1.29, 1.82) is 0 Å². The Kier molecular flexibility index (Phi) is 5.26. The van der Waals surface area contributed by atoms with Crippen LogP contribution in [0, 0.1) is 0 Å². The number of rotatable bonds is 6. The Bertz CT molecular complexity index is 631. The molecule has 0 atom stereocenters. The van der Waals surface area contributed by atoms with Gasteiger partial charge in [0.2, 0.25) is 0 Å². The van der Waals surface area contributed by atoms with Gasteiger partial charge in [0.25, 0.3) is 0 Å². The predicted molar refractivity (Wildman–Crippen MR) is 85.3 cm³/mol. The highest BCUT2D eigenvalue weighted by Gasteiger charge is 2.14. The van der Waals surface area contributed by atoms with E-state index in [-0.39, 0.29) is 5.78 Å². The number of ether oxygens (including phenoxy) is 1. The lowest BCUT2D eigenvalue weighted by Gasteiger charge is -2.10. The molecule has 2 aromatic rings. The molecule has 2 rings (SSSR count). The standard InChI is InChI=1S/C15H16ClNO2S/c1-3-12(18)11-9-17-15-10(14(11)16)5-4-6-13(15)19-7-8-20-2/h4-6,9H,3,7-8H2,1-2H3.